The summed E-state index contributed by atoms with van der Waals surface area (Å²) >= 11 is 6.17. The minimum Gasteiger partial charge on any atom is -0.489 e. The second-order valence-corrected chi connectivity index (χ2v) is 6.72. The third-order valence-electron chi connectivity index (χ3n) is 4.38. The van der Waals surface area contributed by atoms with Gasteiger partial charge in [-0.3, -0.25) is 9.89 Å². The second-order valence-electron chi connectivity index (χ2n) is 6.31. The Hall–Kier alpha value is -3.32. The summed E-state index contributed by atoms with van der Waals surface area (Å²) in [6.07, 6.45) is 0. The first kappa shape index (κ1) is 18.1. The molecule has 0 aliphatic carbocycles. The number of hydrogen-bond donors (Lipinski definition) is 2. The lowest BCUT2D eigenvalue weighted by molar-refractivity contribution is 0.102. The largest absolute Gasteiger partial charge is 0.489 e. The maximum atomic E-state index is 12.6. The van der Waals surface area contributed by atoms with E-state index in [9.17, 15) is 4.79 Å². The number of fused-ring (bicyclic) bond motifs is 1. The number of nitrogens with zero attached hydrogens (tertiary/aromatic N) is 2. The van der Waals surface area contributed by atoms with Crippen LogP contribution in [0.5, 0.6) is 5.75 Å². The summed E-state index contributed by atoms with van der Waals surface area (Å²) in [5.41, 5.74) is 2.60. The van der Waals surface area contributed by atoms with Crippen molar-refractivity contribution >= 4 is 34.2 Å². The molecule has 2 aromatic heterocycles. The molecule has 0 aliphatic rings. The molecule has 0 radical (unpaired) electrons. The minimum absolute atomic E-state index is 0.327. The van der Waals surface area contributed by atoms with Crippen molar-refractivity contribution in [1.29, 1.82) is 0 Å². The van der Waals surface area contributed by atoms with Crippen molar-refractivity contribution in [2.45, 2.75) is 20.5 Å². The lowest BCUT2D eigenvalue weighted by atomic mass is 10.2. The molecule has 2 aromatic carbocycles. The normalized spacial score (nSPS) is 11.0. The van der Waals surface area contributed by atoms with Gasteiger partial charge in [0.15, 0.2) is 5.82 Å². The fraction of sp³-hybridized carbons (Fsp3) is 0.150. The number of ether oxygens (including phenoxy) is 1. The van der Waals surface area contributed by atoms with Crippen molar-refractivity contribution in [3.05, 3.63) is 70.1 Å². The zero-order chi connectivity index (χ0) is 19.7. The molecule has 0 saturated carbocycles. The SMILES string of the molecule is Cc1noc(C)c1C(=O)Nc1n[nH]c2ccc(OCc3ccccc3Cl)cc12. The van der Waals surface area contributed by atoms with Crippen molar-refractivity contribution < 1.29 is 14.1 Å². The van der Waals surface area contributed by atoms with Gasteiger partial charge in [-0.15, -0.1) is 0 Å². The van der Waals surface area contributed by atoms with Gasteiger partial charge < -0.3 is 14.6 Å². The number of H-pyrrole nitrogens is 1. The molecule has 0 saturated heterocycles. The summed E-state index contributed by atoms with van der Waals surface area (Å²) < 4.78 is 10.9. The van der Waals surface area contributed by atoms with Gasteiger partial charge in [-0.25, -0.2) is 0 Å². The Morgan fingerprint density at radius 2 is 2.07 bits per heavy atom. The van der Waals surface area contributed by atoms with E-state index in [4.69, 9.17) is 20.9 Å². The van der Waals surface area contributed by atoms with E-state index in [2.05, 4.69) is 20.7 Å². The minimum atomic E-state index is -0.327. The van der Waals surface area contributed by atoms with Crippen molar-refractivity contribution in [2.75, 3.05) is 5.32 Å². The van der Waals surface area contributed by atoms with Crippen LogP contribution in [-0.2, 0) is 6.61 Å². The highest BCUT2D eigenvalue weighted by Gasteiger charge is 2.19. The summed E-state index contributed by atoms with van der Waals surface area (Å²) in [5, 5.41) is 15.1. The van der Waals surface area contributed by atoms with E-state index in [-0.39, 0.29) is 5.91 Å². The number of carbonyl (C=O) groups is 1. The topological polar surface area (TPSA) is 93.0 Å². The van der Waals surface area contributed by atoms with Crippen LogP contribution in [0.2, 0.25) is 5.02 Å². The highest BCUT2D eigenvalue weighted by atomic mass is 35.5. The zero-order valence-corrected chi connectivity index (χ0v) is 16.0. The van der Waals surface area contributed by atoms with Gasteiger partial charge in [0.2, 0.25) is 0 Å². The van der Waals surface area contributed by atoms with Gasteiger partial charge in [0.1, 0.15) is 23.7 Å². The Kier molecular flexibility index (Phi) is 4.75. The van der Waals surface area contributed by atoms with Crippen molar-refractivity contribution in [1.82, 2.24) is 15.4 Å². The molecular weight excluding hydrogens is 380 g/mol. The van der Waals surface area contributed by atoms with Gasteiger partial charge in [-0.2, -0.15) is 5.10 Å². The van der Waals surface area contributed by atoms with E-state index in [1.54, 1.807) is 13.8 Å². The van der Waals surface area contributed by atoms with Crippen LogP contribution >= 0.6 is 11.6 Å². The first-order chi connectivity index (χ1) is 13.5. The van der Waals surface area contributed by atoms with Crippen molar-refractivity contribution in [3.63, 3.8) is 0 Å². The summed E-state index contributed by atoms with van der Waals surface area (Å²) in [6, 6.07) is 13.0. The van der Waals surface area contributed by atoms with Gasteiger partial charge in [0.25, 0.3) is 5.91 Å². The molecule has 2 N–H and O–H groups in total. The zero-order valence-electron chi connectivity index (χ0n) is 15.2. The van der Waals surface area contributed by atoms with E-state index >= 15 is 0 Å². The third-order valence-corrected chi connectivity index (χ3v) is 4.75. The van der Waals surface area contributed by atoms with Crippen LogP contribution in [-0.4, -0.2) is 21.3 Å². The predicted molar refractivity (Wildman–Crippen MR) is 106 cm³/mol. The predicted octanol–water partition coefficient (Wildman–Crippen LogP) is 4.65. The summed E-state index contributed by atoms with van der Waals surface area (Å²) in [6.45, 7) is 3.75. The molecule has 2 heterocycles. The first-order valence-electron chi connectivity index (χ1n) is 8.61. The van der Waals surface area contributed by atoms with Gasteiger partial charge in [-0.05, 0) is 38.1 Å². The highest BCUT2D eigenvalue weighted by Crippen LogP contribution is 2.27. The Labute approximate surface area is 165 Å². The van der Waals surface area contributed by atoms with Crippen LogP contribution in [0.3, 0.4) is 0 Å². The smallest absolute Gasteiger partial charge is 0.262 e. The van der Waals surface area contributed by atoms with Crippen LogP contribution in [0.15, 0.2) is 47.0 Å². The molecule has 0 bridgehead atoms. The molecule has 1 amide bonds. The fourth-order valence-corrected chi connectivity index (χ4v) is 3.12. The molecule has 4 aromatic rings. The molecule has 7 nitrogen and oxygen atoms in total. The molecule has 0 unspecified atom stereocenters. The number of aromatic amines is 1. The van der Waals surface area contributed by atoms with Crippen LogP contribution < -0.4 is 10.1 Å². The Morgan fingerprint density at radius 1 is 1.25 bits per heavy atom. The van der Waals surface area contributed by atoms with Crippen LogP contribution in [0.25, 0.3) is 10.9 Å². The number of hydrogen-bond acceptors (Lipinski definition) is 5. The molecule has 8 heteroatoms. The number of rotatable bonds is 5. The quantitative estimate of drug-likeness (QED) is 0.512. The molecule has 28 heavy (non-hydrogen) atoms. The molecule has 4 rings (SSSR count). The average molecular weight is 397 g/mol. The van der Waals surface area contributed by atoms with Gasteiger partial charge in [0.05, 0.1) is 11.2 Å². The van der Waals surface area contributed by atoms with Crippen LogP contribution in [0.1, 0.15) is 27.4 Å². The van der Waals surface area contributed by atoms with Gasteiger partial charge in [0, 0.05) is 16.0 Å². The van der Waals surface area contributed by atoms with E-state index < -0.39 is 0 Å². The standard InChI is InChI=1S/C20H17ClN4O3/c1-11-18(12(2)28-25-11)20(26)22-19-15-9-14(7-8-17(15)23-24-19)27-10-13-5-3-4-6-16(13)21/h3-9H,10H2,1-2H3,(H2,22,23,24,26). The molecule has 0 fully saturated rings. The Bertz CT molecular complexity index is 1150. The molecule has 0 spiro atoms. The van der Waals surface area contributed by atoms with Crippen LogP contribution in [0, 0.1) is 13.8 Å². The lowest BCUT2D eigenvalue weighted by Crippen LogP contribution is -2.14. The number of benzene rings is 2. The number of amides is 1. The highest BCUT2D eigenvalue weighted by molar-refractivity contribution is 6.31. The maximum absolute atomic E-state index is 12.6. The number of nitrogens with one attached hydrogen (secondary N) is 2. The van der Waals surface area contributed by atoms with Crippen molar-refractivity contribution in [2.24, 2.45) is 0 Å². The second kappa shape index (κ2) is 7.36. The van der Waals surface area contributed by atoms with Crippen molar-refractivity contribution in [3.8, 4) is 5.75 Å². The summed E-state index contributed by atoms with van der Waals surface area (Å²) in [4.78, 5) is 12.6. The summed E-state index contributed by atoms with van der Waals surface area (Å²) in [5.74, 6) is 1.18. The van der Waals surface area contributed by atoms with E-state index in [1.165, 1.54) is 0 Å². The Morgan fingerprint density at radius 3 is 2.82 bits per heavy atom. The van der Waals surface area contributed by atoms with E-state index in [0.29, 0.717) is 40.2 Å². The first-order valence-corrected chi connectivity index (χ1v) is 8.99. The summed E-state index contributed by atoms with van der Waals surface area (Å²) in [7, 11) is 0. The molecule has 142 valence electrons. The van der Waals surface area contributed by atoms with Gasteiger partial charge >= 0.3 is 0 Å². The fourth-order valence-electron chi connectivity index (χ4n) is 2.93. The number of aryl methyl sites for hydroxylation is 2. The third kappa shape index (κ3) is 3.44. The average Bonchev–Trinajstić information content (AvgIpc) is 3.23. The van der Waals surface area contributed by atoms with E-state index in [1.807, 2.05) is 42.5 Å². The number of carbonyl (C=O) groups excluding carboxylic acids is 1. The maximum Gasteiger partial charge on any atom is 0.262 e. The van der Waals surface area contributed by atoms with E-state index in [0.717, 1.165) is 16.5 Å². The lowest BCUT2D eigenvalue weighted by Gasteiger charge is -2.08. The van der Waals surface area contributed by atoms with Crippen LogP contribution in [0.4, 0.5) is 5.82 Å². The number of anilines is 1. The monoisotopic (exact) mass is 396 g/mol. The molecular formula is C20H17ClN4O3. The molecule has 0 aliphatic heterocycles. The Balaban J connectivity index is 1.56. The number of halogens is 1. The molecule has 0 atom stereocenters. The number of aromatic nitrogens is 3. The van der Waals surface area contributed by atoms with Gasteiger partial charge in [-0.1, -0.05) is 35.0 Å².